The first-order valence-corrected chi connectivity index (χ1v) is 7.99. The van der Waals surface area contributed by atoms with Crippen LogP contribution in [0.3, 0.4) is 0 Å². The number of allylic oxidation sites excluding steroid dienone is 1. The highest BCUT2D eigenvalue weighted by Crippen LogP contribution is 2.43. The van der Waals surface area contributed by atoms with Crippen LogP contribution < -0.4 is 0 Å². The quantitative estimate of drug-likeness (QED) is 0.712. The zero-order chi connectivity index (χ0) is 13.4. The third-order valence-electron chi connectivity index (χ3n) is 4.30. The van der Waals surface area contributed by atoms with E-state index in [-0.39, 0.29) is 18.3 Å². The van der Waals surface area contributed by atoms with Gasteiger partial charge >= 0.3 is 7.12 Å². The molecular formula is C14H25BO2S. The van der Waals surface area contributed by atoms with Gasteiger partial charge in [0.15, 0.2) is 0 Å². The molecule has 0 aromatic carbocycles. The molecule has 0 N–H and O–H groups in total. The lowest BCUT2D eigenvalue weighted by Crippen LogP contribution is -2.41. The molecule has 4 heteroatoms. The maximum absolute atomic E-state index is 6.12. The average molecular weight is 268 g/mol. The third kappa shape index (κ3) is 2.81. The van der Waals surface area contributed by atoms with Gasteiger partial charge in [0.05, 0.1) is 11.2 Å². The predicted octanol–water partition coefficient (Wildman–Crippen LogP) is 4.20. The van der Waals surface area contributed by atoms with Crippen LogP contribution in [0.25, 0.3) is 0 Å². The van der Waals surface area contributed by atoms with E-state index in [1.54, 1.807) is 5.57 Å². The number of rotatable bonds is 4. The monoisotopic (exact) mass is 268 g/mol. The van der Waals surface area contributed by atoms with Crippen LogP contribution in [0.4, 0.5) is 0 Å². The summed E-state index contributed by atoms with van der Waals surface area (Å²) in [6.45, 7) is 10.7. The van der Waals surface area contributed by atoms with Crippen LogP contribution in [0, 0.1) is 0 Å². The van der Waals surface area contributed by atoms with Crippen molar-refractivity contribution in [3.63, 3.8) is 0 Å². The van der Waals surface area contributed by atoms with Crippen molar-refractivity contribution in [1.29, 1.82) is 0 Å². The fourth-order valence-corrected chi connectivity index (χ4v) is 3.43. The molecule has 2 aliphatic heterocycles. The zero-order valence-corrected chi connectivity index (χ0v) is 13.1. The SMILES string of the molecule is CCCCC1=CSC(B2OC(C)(C)C(C)(C)O2)C1. The Morgan fingerprint density at radius 2 is 1.89 bits per heavy atom. The minimum atomic E-state index is -0.204. The molecule has 1 atom stereocenters. The Bertz CT molecular complexity index is 323. The molecule has 0 aliphatic carbocycles. The summed E-state index contributed by atoms with van der Waals surface area (Å²) in [5.41, 5.74) is 1.16. The number of unbranched alkanes of at least 4 members (excludes halogenated alkanes) is 1. The highest BCUT2D eigenvalue weighted by Gasteiger charge is 2.54. The van der Waals surface area contributed by atoms with Crippen molar-refractivity contribution >= 4 is 18.9 Å². The minimum absolute atomic E-state index is 0.0598. The molecule has 0 aromatic heterocycles. The second kappa shape index (κ2) is 5.22. The van der Waals surface area contributed by atoms with Crippen LogP contribution >= 0.6 is 11.8 Å². The molecule has 2 rings (SSSR count). The van der Waals surface area contributed by atoms with Crippen molar-refractivity contribution in [3.05, 3.63) is 11.0 Å². The van der Waals surface area contributed by atoms with Crippen molar-refractivity contribution < 1.29 is 9.31 Å². The third-order valence-corrected chi connectivity index (χ3v) is 5.51. The summed E-state index contributed by atoms with van der Waals surface area (Å²) in [7, 11) is -0.0598. The summed E-state index contributed by atoms with van der Waals surface area (Å²) in [6.07, 6.45) is 4.92. The second-order valence-electron chi connectivity index (χ2n) is 6.38. The van der Waals surface area contributed by atoms with Crippen molar-refractivity contribution in [2.45, 2.75) is 76.7 Å². The van der Waals surface area contributed by atoms with Crippen LogP contribution in [0.2, 0.25) is 0 Å². The Morgan fingerprint density at radius 1 is 1.28 bits per heavy atom. The predicted molar refractivity (Wildman–Crippen MR) is 79.7 cm³/mol. The molecule has 1 saturated heterocycles. The van der Waals surface area contributed by atoms with E-state index in [0.717, 1.165) is 6.42 Å². The highest BCUT2D eigenvalue weighted by atomic mass is 32.2. The van der Waals surface area contributed by atoms with E-state index in [9.17, 15) is 0 Å². The van der Waals surface area contributed by atoms with Gasteiger partial charge in [-0.3, -0.25) is 0 Å². The van der Waals surface area contributed by atoms with E-state index in [1.165, 1.54) is 19.3 Å². The van der Waals surface area contributed by atoms with Crippen LogP contribution in [-0.2, 0) is 9.31 Å². The van der Waals surface area contributed by atoms with Gasteiger partial charge in [-0.2, -0.15) is 0 Å². The summed E-state index contributed by atoms with van der Waals surface area (Å²) < 4.78 is 12.2. The van der Waals surface area contributed by atoms with E-state index in [4.69, 9.17) is 9.31 Å². The normalized spacial score (nSPS) is 29.7. The molecule has 0 amide bonds. The standard InChI is InChI=1S/C14H25BO2S/c1-6-7-8-11-9-12(18-10-11)15-16-13(2,3)14(4,5)17-15/h10,12H,6-9H2,1-5H3. The molecule has 0 spiro atoms. The molecule has 2 heterocycles. The molecule has 2 aliphatic rings. The summed E-state index contributed by atoms with van der Waals surface area (Å²) in [6, 6.07) is 0. The van der Waals surface area contributed by atoms with E-state index in [2.05, 4.69) is 40.0 Å². The first-order chi connectivity index (χ1) is 8.36. The number of thioether (sulfide) groups is 1. The Balaban J connectivity index is 1.90. The number of hydrogen-bond acceptors (Lipinski definition) is 3. The average Bonchev–Trinajstić information content (AvgIpc) is 2.80. The summed E-state index contributed by atoms with van der Waals surface area (Å²) in [5.74, 6) is 0. The molecule has 0 radical (unpaired) electrons. The summed E-state index contributed by atoms with van der Waals surface area (Å²) in [4.78, 5) is 0. The fourth-order valence-electron chi connectivity index (χ4n) is 2.30. The topological polar surface area (TPSA) is 18.5 Å². The minimum Gasteiger partial charge on any atom is -0.402 e. The van der Waals surface area contributed by atoms with Gasteiger partial charge in [-0.05, 0) is 52.4 Å². The van der Waals surface area contributed by atoms with E-state index in [1.807, 2.05) is 11.8 Å². The highest BCUT2D eigenvalue weighted by molar-refractivity contribution is 8.04. The van der Waals surface area contributed by atoms with E-state index < -0.39 is 0 Å². The van der Waals surface area contributed by atoms with Crippen LogP contribution in [0.5, 0.6) is 0 Å². The molecule has 0 saturated carbocycles. The second-order valence-corrected chi connectivity index (χ2v) is 7.50. The first kappa shape index (κ1) is 14.5. The smallest absolute Gasteiger partial charge is 0.402 e. The zero-order valence-electron chi connectivity index (χ0n) is 12.3. The molecule has 18 heavy (non-hydrogen) atoms. The van der Waals surface area contributed by atoms with E-state index >= 15 is 0 Å². The molecular weight excluding hydrogens is 243 g/mol. The van der Waals surface area contributed by atoms with Gasteiger partial charge in [-0.15, -0.1) is 11.8 Å². The van der Waals surface area contributed by atoms with Crippen molar-refractivity contribution in [2.75, 3.05) is 0 Å². The lowest BCUT2D eigenvalue weighted by atomic mass is 9.80. The van der Waals surface area contributed by atoms with Gasteiger partial charge in [0.2, 0.25) is 0 Å². The summed E-state index contributed by atoms with van der Waals surface area (Å²) >= 11 is 1.89. The van der Waals surface area contributed by atoms with Crippen molar-refractivity contribution in [2.24, 2.45) is 0 Å². The molecule has 102 valence electrons. The summed E-state index contributed by atoms with van der Waals surface area (Å²) in [5, 5.41) is 2.77. The maximum Gasteiger partial charge on any atom is 0.472 e. The van der Waals surface area contributed by atoms with Gasteiger partial charge in [0.1, 0.15) is 0 Å². The maximum atomic E-state index is 6.12. The molecule has 1 unspecified atom stereocenters. The molecule has 1 fully saturated rings. The fraction of sp³-hybridized carbons (Fsp3) is 0.857. The van der Waals surface area contributed by atoms with Crippen LogP contribution in [-0.4, -0.2) is 23.5 Å². The first-order valence-electron chi connectivity index (χ1n) is 7.05. The Labute approximate surface area is 116 Å². The van der Waals surface area contributed by atoms with Crippen molar-refractivity contribution in [1.82, 2.24) is 0 Å². The molecule has 0 bridgehead atoms. The van der Waals surface area contributed by atoms with Gasteiger partial charge in [-0.1, -0.05) is 18.9 Å². The Morgan fingerprint density at radius 3 is 2.44 bits per heavy atom. The van der Waals surface area contributed by atoms with Gasteiger partial charge < -0.3 is 9.31 Å². The largest absolute Gasteiger partial charge is 0.472 e. The molecule has 2 nitrogen and oxygen atoms in total. The Hall–Kier alpha value is 0.0749. The lowest BCUT2D eigenvalue weighted by Gasteiger charge is -2.32. The number of hydrogen-bond donors (Lipinski definition) is 0. The van der Waals surface area contributed by atoms with Crippen molar-refractivity contribution in [3.8, 4) is 0 Å². The van der Waals surface area contributed by atoms with E-state index in [0.29, 0.717) is 5.15 Å². The van der Waals surface area contributed by atoms with Gasteiger partial charge in [0.25, 0.3) is 0 Å². The van der Waals surface area contributed by atoms with Crippen LogP contribution in [0.1, 0.15) is 60.3 Å². The lowest BCUT2D eigenvalue weighted by molar-refractivity contribution is 0.00578. The van der Waals surface area contributed by atoms with Crippen LogP contribution in [0.15, 0.2) is 11.0 Å². The Kier molecular flexibility index (Phi) is 4.20. The molecule has 0 aromatic rings. The van der Waals surface area contributed by atoms with Gasteiger partial charge in [0, 0.05) is 5.15 Å². The van der Waals surface area contributed by atoms with Gasteiger partial charge in [-0.25, -0.2) is 0 Å².